The first-order valence-electron chi connectivity index (χ1n) is 4.31. The summed E-state index contributed by atoms with van der Waals surface area (Å²) in [5.74, 6) is -0.829. The fraction of sp³-hybridized carbons (Fsp3) is 0.556. The molecule has 1 aromatic rings. The topological polar surface area (TPSA) is 55.1 Å². The highest BCUT2D eigenvalue weighted by Crippen LogP contribution is 2.13. The van der Waals surface area contributed by atoms with Crippen molar-refractivity contribution >= 4 is 5.97 Å². The molecule has 0 fully saturated rings. The lowest BCUT2D eigenvalue weighted by molar-refractivity contribution is -0.141. The summed E-state index contributed by atoms with van der Waals surface area (Å²) in [6.45, 7) is 5.64. The predicted octanol–water partition coefficient (Wildman–Crippen LogP) is 1.54. The van der Waals surface area contributed by atoms with Crippen molar-refractivity contribution in [2.45, 2.75) is 33.2 Å². The minimum absolute atomic E-state index is 0.535. The molecule has 1 rings (SSSR count). The van der Waals surface area contributed by atoms with E-state index in [1.807, 2.05) is 20.8 Å². The van der Waals surface area contributed by atoms with E-state index >= 15 is 0 Å². The maximum absolute atomic E-state index is 10.8. The lowest BCUT2D eigenvalue weighted by Crippen LogP contribution is -2.18. The predicted molar refractivity (Wildman–Crippen MR) is 48.7 cm³/mol. The van der Waals surface area contributed by atoms with E-state index in [1.54, 1.807) is 6.20 Å². The van der Waals surface area contributed by atoms with Crippen LogP contribution in [0.25, 0.3) is 0 Å². The number of rotatable bonds is 3. The highest BCUT2D eigenvalue weighted by atomic mass is 16.4. The zero-order valence-corrected chi connectivity index (χ0v) is 8.11. The molecule has 4 nitrogen and oxygen atoms in total. The van der Waals surface area contributed by atoms with Gasteiger partial charge in [-0.25, -0.2) is 4.79 Å². The largest absolute Gasteiger partial charge is 0.480 e. The van der Waals surface area contributed by atoms with Crippen molar-refractivity contribution in [2.24, 2.45) is 0 Å². The van der Waals surface area contributed by atoms with Gasteiger partial charge in [-0.3, -0.25) is 4.68 Å². The molecule has 0 spiro atoms. The fourth-order valence-electron chi connectivity index (χ4n) is 1.21. The third kappa shape index (κ3) is 1.88. The van der Waals surface area contributed by atoms with Gasteiger partial charge in [0.25, 0.3) is 0 Å². The van der Waals surface area contributed by atoms with E-state index in [0.29, 0.717) is 6.42 Å². The van der Waals surface area contributed by atoms with Crippen molar-refractivity contribution in [1.82, 2.24) is 9.78 Å². The van der Waals surface area contributed by atoms with E-state index in [-0.39, 0.29) is 0 Å². The van der Waals surface area contributed by atoms with Gasteiger partial charge in [-0.15, -0.1) is 0 Å². The standard InChI is InChI=1S/C9H14N2O2/c1-4-8(9(12)13)11-5-6(2)7(3)10-11/h5,8H,4H2,1-3H3,(H,12,13). The summed E-state index contributed by atoms with van der Waals surface area (Å²) in [5, 5.41) is 13.0. The van der Waals surface area contributed by atoms with Crippen molar-refractivity contribution in [2.75, 3.05) is 0 Å². The molecule has 0 amide bonds. The first kappa shape index (κ1) is 9.77. The summed E-state index contributed by atoms with van der Waals surface area (Å²) < 4.78 is 1.52. The number of carboxylic acids is 1. The second-order valence-corrected chi connectivity index (χ2v) is 3.14. The average Bonchev–Trinajstić information content (AvgIpc) is 2.32. The molecular weight excluding hydrogens is 168 g/mol. The molecule has 0 saturated carbocycles. The first-order valence-corrected chi connectivity index (χ1v) is 4.31. The van der Waals surface area contributed by atoms with E-state index in [1.165, 1.54) is 4.68 Å². The Morgan fingerprint density at radius 1 is 1.69 bits per heavy atom. The Labute approximate surface area is 77.2 Å². The van der Waals surface area contributed by atoms with Gasteiger partial charge in [-0.2, -0.15) is 5.10 Å². The zero-order chi connectivity index (χ0) is 10.0. The quantitative estimate of drug-likeness (QED) is 0.771. The van der Waals surface area contributed by atoms with Crippen LogP contribution in [-0.4, -0.2) is 20.9 Å². The van der Waals surface area contributed by atoms with Crippen LogP contribution in [0, 0.1) is 13.8 Å². The number of carbonyl (C=O) groups is 1. The summed E-state index contributed by atoms with van der Waals surface area (Å²) in [6, 6.07) is -0.535. The summed E-state index contributed by atoms with van der Waals surface area (Å²) in [4.78, 5) is 10.8. The molecule has 0 aliphatic carbocycles. The Bertz CT molecular complexity index is 298. The van der Waals surface area contributed by atoms with Gasteiger partial charge in [-0.05, 0) is 25.8 Å². The Morgan fingerprint density at radius 2 is 2.31 bits per heavy atom. The molecule has 1 unspecified atom stereocenters. The van der Waals surface area contributed by atoms with Crippen LogP contribution in [0.1, 0.15) is 30.6 Å². The first-order chi connectivity index (χ1) is 6.06. The lowest BCUT2D eigenvalue weighted by Gasteiger charge is -2.09. The minimum Gasteiger partial charge on any atom is -0.480 e. The van der Waals surface area contributed by atoms with Crippen LogP contribution >= 0.6 is 0 Å². The summed E-state index contributed by atoms with van der Waals surface area (Å²) in [6.07, 6.45) is 2.33. The van der Waals surface area contributed by atoms with Gasteiger partial charge < -0.3 is 5.11 Å². The Morgan fingerprint density at radius 3 is 2.62 bits per heavy atom. The number of nitrogens with zero attached hydrogens (tertiary/aromatic N) is 2. The average molecular weight is 182 g/mol. The number of aryl methyl sites for hydroxylation is 2. The second kappa shape index (κ2) is 3.60. The van der Waals surface area contributed by atoms with E-state index in [4.69, 9.17) is 5.11 Å². The second-order valence-electron chi connectivity index (χ2n) is 3.14. The van der Waals surface area contributed by atoms with Crippen LogP contribution in [0.5, 0.6) is 0 Å². The van der Waals surface area contributed by atoms with Crippen molar-refractivity contribution < 1.29 is 9.90 Å². The third-order valence-corrected chi connectivity index (χ3v) is 2.15. The minimum atomic E-state index is -0.829. The zero-order valence-electron chi connectivity index (χ0n) is 8.11. The van der Waals surface area contributed by atoms with Crippen LogP contribution in [0.15, 0.2) is 6.20 Å². The maximum Gasteiger partial charge on any atom is 0.328 e. The Kier molecular flexibility index (Phi) is 2.70. The molecule has 0 saturated heterocycles. The highest BCUT2D eigenvalue weighted by Gasteiger charge is 2.18. The molecule has 0 aliphatic heterocycles. The molecule has 13 heavy (non-hydrogen) atoms. The van der Waals surface area contributed by atoms with Crippen LogP contribution < -0.4 is 0 Å². The highest BCUT2D eigenvalue weighted by molar-refractivity contribution is 5.71. The molecule has 0 bridgehead atoms. The van der Waals surface area contributed by atoms with Gasteiger partial charge in [0, 0.05) is 6.20 Å². The monoisotopic (exact) mass is 182 g/mol. The number of hydrogen-bond acceptors (Lipinski definition) is 2. The molecule has 72 valence electrons. The molecule has 1 N–H and O–H groups in total. The van der Waals surface area contributed by atoms with Crippen LogP contribution in [-0.2, 0) is 4.79 Å². The smallest absolute Gasteiger partial charge is 0.328 e. The summed E-state index contributed by atoms with van der Waals surface area (Å²) in [7, 11) is 0. The molecule has 1 heterocycles. The van der Waals surface area contributed by atoms with Gasteiger partial charge in [0.2, 0.25) is 0 Å². The number of aromatic nitrogens is 2. The van der Waals surface area contributed by atoms with E-state index in [2.05, 4.69) is 5.10 Å². The fourth-order valence-corrected chi connectivity index (χ4v) is 1.21. The van der Waals surface area contributed by atoms with Gasteiger partial charge in [-0.1, -0.05) is 6.92 Å². The molecule has 0 radical (unpaired) electrons. The van der Waals surface area contributed by atoms with Crippen molar-refractivity contribution in [3.63, 3.8) is 0 Å². The van der Waals surface area contributed by atoms with Crippen molar-refractivity contribution in [1.29, 1.82) is 0 Å². The van der Waals surface area contributed by atoms with Gasteiger partial charge >= 0.3 is 5.97 Å². The normalized spacial score (nSPS) is 12.8. The van der Waals surface area contributed by atoms with Crippen LogP contribution in [0.4, 0.5) is 0 Å². The summed E-state index contributed by atoms with van der Waals surface area (Å²) in [5.41, 5.74) is 1.92. The number of hydrogen-bond donors (Lipinski definition) is 1. The Balaban J connectivity index is 2.98. The van der Waals surface area contributed by atoms with Crippen LogP contribution in [0.2, 0.25) is 0 Å². The van der Waals surface area contributed by atoms with Gasteiger partial charge in [0.05, 0.1) is 5.69 Å². The van der Waals surface area contributed by atoms with E-state index < -0.39 is 12.0 Å². The number of aliphatic carboxylic acids is 1. The van der Waals surface area contributed by atoms with E-state index in [0.717, 1.165) is 11.3 Å². The number of carboxylic acid groups (broad SMARTS) is 1. The van der Waals surface area contributed by atoms with Gasteiger partial charge in [0.1, 0.15) is 6.04 Å². The molecular formula is C9H14N2O2. The maximum atomic E-state index is 10.8. The molecule has 4 heteroatoms. The lowest BCUT2D eigenvalue weighted by atomic mass is 10.2. The molecule has 1 aromatic heterocycles. The molecule has 0 aromatic carbocycles. The Hall–Kier alpha value is -1.32. The van der Waals surface area contributed by atoms with Gasteiger partial charge in [0.15, 0.2) is 0 Å². The van der Waals surface area contributed by atoms with Crippen molar-refractivity contribution in [3.8, 4) is 0 Å². The molecule has 0 aliphatic rings. The third-order valence-electron chi connectivity index (χ3n) is 2.15. The summed E-state index contributed by atoms with van der Waals surface area (Å²) >= 11 is 0. The molecule has 1 atom stereocenters. The van der Waals surface area contributed by atoms with E-state index in [9.17, 15) is 4.79 Å². The van der Waals surface area contributed by atoms with Crippen molar-refractivity contribution in [3.05, 3.63) is 17.5 Å². The SMILES string of the molecule is CCC(C(=O)O)n1cc(C)c(C)n1. The van der Waals surface area contributed by atoms with Crippen LogP contribution in [0.3, 0.4) is 0 Å².